The van der Waals surface area contributed by atoms with Crippen molar-refractivity contribution in [2.24, 2.45) is 0 Å². The van der Waals surface area contributed by atoms with Gasteiger partial charge in [-0.3, -0.25) is 14.4 Å². The third-order valence-corrected chi connectivity index (χ3v) is 6.95. The Bertz CT molecular complexity index is 1230. The summed E-state index contributed by atoms with van der Waals surface area (Å²) in [6, 6.07) is 8.06. The molecule has 0 fully saturated rings. The summed E-state index contributed by atoms with van der Waals surface area (Å²) >= 11 is 0. The van der Waals surface area contributed by atoms with Crippen LogP contribution in [0.2, 0.25) is 0 Å². The minimum Gasteiger partial charge on any atom is -0.463 e. The number of para-hydroxylation sites is 1. The van der Waals surface area contributed by atoms with Crippen molar-refractivity contribution < 1.29 is 23.9 Å². The maximum absolute atomic E-state index is 12.8. The first kappa shape index (κ1) is 27.1. The molecular weight excluding hydrogens is 457 g/mol. The molecule has 0 bridgehead atoms. The van der Waals surface area contributed by atoms with E-state index >= 15 is 0 Å². The van der Waals surface area contributed by atoms with Gasteiger partial charge in [0, 0.05) is 35.7 Å². The number of pyridine rings is 1. The summed E-state index contributed by atoms with van der Waals surface area (Å²) in [6.45, 7) is 6.51. The average molecular weight is 491 g/mol. The monoisotopic (exact) mass is 491 g/mol. The number of likely N-dealkylation sites (N-methyl/N-ethyl adjacent to an activating group) is 1. The lowest BCUT2D eigenvalue weighted by Gasteiger charge is -2.33. The fourth-order valence-electron chi connectivity index (χ4n) is 4.55. The number of fused-ring (bicyclic) bond motifs is 2. The lowest BCUT2D eigenvalue weighted by molar-refractivity contribution is -0.155. The van der Waals surface area contributed by atoms with Crippen LogP contribution in [0.15, 0.2) is 41.5 Å². The maximum Gasteiger partial charge on any atom is 0.315 e. The van der Waals surface area contributed by atoms with Crippen molar-refractivity contribution in [3.05, 3.63) is 58.3 Å². The Morgan fingerprint density at radius 2 is 2.03 bits per heavy atom. The summed E-state index contributed by atoms with van der Waals surface area (Å²) in [5.41, 5.74) is 4.47. The quantitative estimate of drug-likeness (QED) is 0.221. The molecule has 9 heteroatoms. The van der Waals surface area contributed by atoms with Gasteiger partial charge in [0.15, 0.2) is 0 Å². The van der Waals surface area contributed by atoms with E-state index in [1.807, 2.05) is 38.2 Å². The van der Waals surface area contributed by atoms with Gasteiger partial charge < -0.3 is 19.7 Å². The van der Waals surface area contributed by atoms with Gasteiger partial charge in [0.05, 0.1) is 22.8 Å². The fraction of sp³-hybridized carbons (Fsp3) is 0.407. The number of aldehydes is 1. The van der Waals surface area contributed by atoms with Crippen LogP contribution in [0.1, 0.15) is 44.0 Å². The molecular formula is C27H34BN3O5. The molecule has 36 heavy (non-hydrogen) atoms. The van der Waals surface area contributed by atoms with Gasteiger partial charge in [0.1, 0.15) is 26.3 Å². The highest BCUT2D eigenvalue weighted by molar-refractivity contribution is 6.22. The summed E-state index contributed by atoms with van der Waals surface area (Å²) in [6.07, 6.45) is 3.76. The SMILES string of the molecule is BC(NC)C(=O)OC(C)(CC)C(/C=C1/c2nc3ccccc3c(CC)c2CN1C)=C(/C=O)COC=O. The summed E-state index contributed by atoms with van der Waals surface area (Å²) < 4.78 is 10.9. The minimum atomic E-state index is -1.15. The second-order valence-electron chi connectivity index (χ2n) is 9.15. The zero-order valence-electron chi connectivity index (χ0n) is 21.9. The molecule has 0 spiro atoms. The van der Waals surface area contributed by atoms with Gasteiger partial charge in [-0.1, -0.05) is 32.0 Å². The molecule has 0 saturated carbocycles. The van der Waals surface area contributed by atoms with Crippen molar-refractivity contribution in [1.29, 1.82) is 0 Å². The zero-order chi connectivity index (χ0) is 26.5. The Morgan fingerprint density at radius 1 is 1.31 bits per heavy atom. The van der Waals surface area contributed by atoms with Gasteiger partial charge >= 0.3 is 5.97 Å². The molecule has 1 aromatic heterocycles. The smallest absolute Gasteiger partial charge is 0.315 e. The molecule has 0 aliphatic carbocycles. The first-order chi connectivity index (χ1) is 17.2. The van der Waals surface area contributed by atoms with Gasteiger partial charge in [-0.25, -0.2) is 4.98 Å². The number of hydrogen-bond donors (Lipinski definition) is 1. The van der Waals surface area contributed by atoms with E-state index in [0.29, 0.717) is 31.3 Å². The number of aryl methyl sites for hydroxylation is 1. The van der Waals surface area contributed by atoms with Crippen LogP contribution >= 0.6 is 0 Å². The zero-order valence-corrected chi connectivity index (χ0v) is 21.9. The number of carbonyl (C=O) groups is 3. The minimum absolute atomic E-state index is 0.224. The summed E-state index contributed by atoms with van der Waals surface area (Å²) in [7, 11) is 5.35. The molecule has 3 rings (SSSR count). The first-order valence-corrected chi connectivity index (χ1v) is 12.2. The lowest BCUT2D eigenvalue weighted by atomic mass is 9.87. The van der Waals surface area contributed by atoms with Crippen molar-refractivity contribution in [1.82, 2.24) is 15.2 Å². The molecule has 1 N–H and O–H groups in total. The Kier molecular flexibility index (Phi) is 8.68. The number of carbonyl (C=O) groups excluding carboxylic acids is 3. The molecule has 8 nitrogen and oxygen atoms in total. The van der Waals surface area contributed by atoms with Crippen molar-refractivity contribution in [3.63, 3.8) is 0 Å². The predicted molar refractivity (Wildman–Crippen MR) is 142 cm³/mol. The van der Waals surface area contributed by atoms with Gasteiger partial charge in [-0.05, 0) is 44.5 Å². The van der Waals surface area contributed by atoms with Crippen LogP contribution in [-0.2, 0) is 36.8 Å². The maximum atomic E-state index is 12.8. The molecule has 2 heterocycles. The number of esters is 1. The Balaban J connectivity index is 2.26. The highest BCUT2D eigenvalue weighted by atomic mass is 16.6. The fourth-order valence-corrected chi connectivity index (χ4v) is 4.55. The standard InChI is InChI=1S/C27H34BN3O5/c1-6-18-19-10-8-9-11-22(19)30-24-20(18)13-31(5)23(24)12-21(17(14-32)15-35-16-33)27(3,7-2)36-26(34)25(28)29-4/h8-12,14,16,25,29H,6-7,13,15,28H2,1-5H3/b21-17-,23-12-. The van der Waals surface area contributed by atoms with E-state index in [-0.39, 0.29) is 12.2 Å². The molecule has 1 aliphatic heterocycles. The first-order valence-electron chi connectivity index (χ1n) is 12.2. The molecule has 0 amide bonds. The summed E-state index contributed by atoms with van der Waals surface area (Å²) in [4.78, 5) is 43.0. The van der Waals surface area contributed by atoms with Crippen molar-refractivity contribution in [2.45, 2.75) is 51.7 Å². The van der Waals surface area contributed by atoms with E-state index in [1.54, 1.807) is 21.8 Å². The second-order valence-corrected chi connectivity index (χ2v) is 9.15. The van der Waals surface area contributed by atoms with Crippen LogP contribution in [-0.4, -0.2) is 68.7 Å². The Hall–Kier alpha value is -3.46. The lowest BCUT2D eigenvalue weighted by Crippen LogP contribution is -2.43. The summed E-state index contributed by atoms with van der Waals surface area (Å²) in [5, 5.41) is 4.02. The molecule has 0 radical (unpaired) electrons. The molecule has 2 unspecified atom stereocenters. The second kappa shape index (κ2) is 11.5. The van der Waals surface area contributed by atoms with Crippen LogP contribution < -0.4 is 5.32 Å². The number of nitrogens with one attached hydrogen (secondary N) is 1. The van der Waals surface area contributed by atoms with Crippen LogP contribution in [0.5, 0.6) is 0 Å². The normalized spacial score (nSPS) is 17.2. The van der Waals surface area contributed by atoms with Gasteiger partial charge in [-0.15, -0.1) is 0 Å². The molecule has 1 aliphatic rings. The molecule has 1 aromatic carbocycles. The Labute approximate surface area is 213 Å². The number of rotatable bonds is 11. The average Bonchev–Trinajstić information content (AvgIpc) is 3.20. The van der Waals surface area contributed by atoms with Gasteiger partial charge in [0.2, 0.25) is 0 Å². The number of ether oxygens (including phenoxy) is 2. The van der Waals surface area contributed by atoms with Crippen molar-refractivity contribution in [3.8, 4) is 0 Å². The highest BCUT2D eigenvalue weighted by Crippen LogP contribution is 2.39. The van der Waals surface area contributed by atoms with E-state index < -0.39 is 17.5 Å². The third kappa shape index (κ3) is 5.21. The van der Waals surface area contributed by atoms with Crippen molar-refractivity contribution in [2.75, 3.05) is 20.7 Å². The Morgan fingerprint density at radius 3 is 2.64 bits per heavy atom. The van der Waals surface area contributed by atoms with E-state index in [4.69, 9.17) is 14.5 Å². The molecule has 2 atom stereocenters. The van der Waals surface area contributed by atoms with Gasteiger partial charge in [-0.2, -0.15) is 0 Å². The van der Waals surface area contributed by atoms with E-state index in [9.17, 15) is 14.4 Å². The van der Waals surface area contributed by atoms with E-state index in [1.165, 1.54) is 5.56 Å². The largest absolute Gasteiger partial charge is 0.463 e. The number of nitrogens with zero attached hydrogens (tertiary/aromatic N) is 2. The van der Waals surface area contributed by atoms with E-state index in [2.05, 4.69) is 23.2 Å². The van der Waals surface area contributed by atoms with Crippen molar-refractivity contribution >= 4 is 43.2 Å². The molecule has 0 saturated heterocycles. The predicted octanol–water partition coefficient (Wildman–Crippen LogP) is 2.14. The highest BCUT2D eigenvalue weighted by Gasteiger charge is 2.36. The number of aromatic nitrogens is 1. The topological polar surface area (TPSA) is 97.8 Å². The van der Waals surface area contributed by atoms with Crippen LogP contribution in [0.25, 0.3) is 16.6 Å². The van der Waals surface area contributed by atoms with Crippen LogP contribution in [0, 0.1) is 0 Å². The van der Waals surface area contributed by atoms with E-state index in [0.717, 1.165) is 34.3 Å². The number of benzene rings is 1. The molecule has 2 aromatic rings. The van der Waals surface area contributed by atoms with Gasteiger partial charge in [0.25, 0.3) is 6.47 Å². The third-order valence-electron chi connectivity index (χ3n) is 6.95. The summed E-state index contributed by atoms with van der Waals surface area (Å²) in [5.74, 6) is -0.984. The molecule has 190 valence electrons. The van der Waals surface area contributed by atoms with Crippen LogP contribution in [0.4, 0.5) is 0 Å². The number of hydrogen-bond acceptors (Lipinski definition) is 8. The van der Waals surface area contributed by atoms with Crippen LogP contribution in [0.3, 0.4) is 0 Å².